The van der Waals surface area contributed by atoms with Crippen molar-refractivity contribution in [1.82, 2.24) is 4.90 Å². The maximum atomic E-state index is 12.9. The Labute approximate surface area is 156 Å². The number of imide groups is 1. The average molecular weight is 368 g/mol. The third kappa shape index (κ3) is 3.37. The van der Waals surface area contributed by atoms with Crippen LogP contribution in [0, 0.1) is 6.92 Å². The largest absolute Gasteiger partial charge is 0.324 e. The van der Waals surface area contributed by atoms with Crippen LogP contribution in [0.1, 0.15) is 32.7 Å². The summed E-state index contributed by atoms with van der Waals surface area (Å²) in [4.78, 5) is 39.5. The van der Waals surface area contributed by atoms with Gasteiger partial charge in [0.25, 0.3) is 11.8 Å². The number of hydrogen-bond acceptors (Lipinski definition) is 4. The first-order valence-electron chi connectivity index (χ1n) is 8.37. The van der Waals surface area contributed by atoms with Crippen molar-refractivity contribution in [3.8, 4) is 0 Å². The van der Waals surface area contributed by atoms with Crippen molar-refractivity contribution in [2.45, 2.75) is 19.4 Å². The van der Waals surface area contributed by atoms with Crippen LogP contribution in [-0.2, 0) is 4.79 Å². The molecule has 3 rings (SSSR count). The summed E-state index contributed by atoms with van der Waals surface area (Å²) in [7, 11) is 0. The number of hydrogen-bond donors (Lipinski definition) is 1. The van der Waals surface area contributed by atoms with Crippen molar-refractivity contribution >= 4 is 35.2 Å². The molecule has 1 N–H and O–H groups in total. The molecule has 1 aliphatic rings. The number of rotatable bonds is 6. The van der Waals surface area contributed by atoms with Crippen LogP contribution in [0.4, 0.5) is 5.69 Å². The smallest absolute Gasteiger partial charge is 0.262 e. The summed E-state index contributed by atoms with van der Waals surface area (Å²) in [6, 6.07) is 13.3. The van der Waals surface area contributed by atoms with E-state index in [1.54, 1.807) is 42.1 Å². The number of nitrogens with zero attached hydrogens (tertiary/aromatic N) is 1. The SMILES string of the molecule is CSCC[C@H](C(=O)Nc1ccccc1C)N1C(=O)c2ccccc2C1=O. The van der Waals surface area contributed by atoms with Crippen LogP contribution in [0.25, 0.3) is 0 Å². The fourth-order valence-electron chi connectivity index (χ4n) is 3.03. The average Bonchev–Trinajstić information content (AvgIpc) is 2.89. The Kier molecular flexibility index (Phi) is 5.42. The lowest BCUT2D eigenvalue weighted by Crippen LogP contribution is -2.47. The molecule has 0 radical (unpaired) electrons. The maximum absolute atomic E-state index is 12.9. The lowest BCUT2D eigenvalue weighted by atomic mass is 10.1. The van der Waals surface area contributed by atoms with Crippen LogP contribution in [0.5, 0.6) is 0 Å². The van der Waals surface area contributed by atoms with E-state index in [1.165, 1.54) is 0 Å². The van der Waals surface area contributed by atoms with Gasteiger partial charge in [-0.05, 0) is 49.1 Å². The van der Waals surface area contributed by atoms with Gasteiger partial charge in [0.05, 0.1) is 11.1 Å². The van der Waals surface area contributed by atoms with E-state index in [9.17, 15) is 14.4 Å². The second-order valence-electron chi connectivity index (χ2n) is 6.13. The summed E-state index contributed by atoms with van der Waals surface area (Å²) in [5.74, 6) is -0.490. The van der Waals surface area contributed by atoms with Crippen molar-refractivity contribution < 1.29 is 14.4 Å². The molecular weight excluding hydrogens is 348 g/mol. The van der Waals surface area contributed by atoms with Crippen molar-refractivity contribution in [2.75, 3.05) is 17.3 Å². The lowest BCUT2D eigenvalue weighted by molar-refractivity contribution is -0.120. The summed E-state index contributed by atoms with van der Waals surface area (Å²) < 4.78 is 0. The van der Waals surface area contributed by atoms with Crippen LogP contribution >= 0.6 is 11.8 Å². The van der Waals surface area contributed by atoms with Crippen molar-refractivity contribution in [3.63, 3.8) is 0 Å². The molecular formula is C20H20N2O3S. The number of aryl methyl sites for hydroxylation is 1. The van der Waals surface area contributed by atoms with Crippen LogP contribution in [0.3, 0.4) is 0 Å². The highest BCUT2D eigenvalue weighted by Gasteiger charge is 2.42. The number of carbonyl (C=O) groups is 3. The normalized spacial score (nSPS) is 14.3. The highest BCUT2D eigenvalue weighted by molar-refractivity contribution is 7.98. The molecule has 134 valence electrons. The van der Waals surface area contributed by atoms with Gasteiger partial charge in [-0.1, -0.05) is 30.3 Å². The quantitative estimate of drug-likeness (QED) is 0.794. The first kappa shape index (κ1) is 18.2. The summed E-state index contributed by atoms with van der Waals surface area (Å²) in [5.41, 5.74) is 2.32. The predicted octanol–water partition coefficient (Wildman–Crippen LogP) is 3.35. The molecule has 0 aromatic heterocycles. The van der Waals surface area contributed by atoms with Gasteiger partial charge in [-0.2, -0.15) is 11.8 Å². The minimum atomic E-state index is -0.838. The molecule has 0 unspecified atom stereocenters. The zero-order chi connectivity index (χ0) is 18.7. The van der Waals surface area contributed by atoms with Gasteiger partial charge in [0.2, 0.25) is 5.91 Å². The van der Waals surface area contributed by atoms with E-state index >= 15 is 0 Å². The fourth-order valence-corrected chi connectivity index (χ4v) is 3.49. The predicted molar refractivity (Wildman–Crippen MR) is 104 cm³/mol. The van der Waals surface area contributed by atoms with E-state index in [0.717, 1.165) is 10.5 Å². The zero-order valence-electron chi connectivity index (χ0n) is 14.7. The second kappa shape index (κ2) is 7.74. The van der Waals surface area contributed by atoms with Gasteiger partial charge in [-0.25, -0.2) is 0 Å². The zero-order valence-corrected chi connectivity index (χ0v) is 15.5. The Balaban J connectivity index is 1.89. The molecule has 2 aromatic carbocycles. The highest BCUT2D eigenvalue weighted by Crippen LogP contribution is 2.27. The molecule has 3 amide bonds. The number of para-hydroxylation sites is 1. The molecule has 0 spiro atoms. The standard InChI is InChI=1S/C20H20N2O3S/c1-13-7-3-6-10-16(13)21-18(23)17(11-12-26-2)22-19(24)14-8-4-5-9-15(14)20(22)25/h3-10,17H,11-12H2,1-2H3,(H,21,23)/t17-/m1/s1. The topological polar surface area (TPSA) is 66.5 Å². The number of benzene rings is 2. The summed E-state index contributed by atoms with van der Waals surface area (Å²) in [6.45, 7) is 1.90. The van der Waals surface area contributed by atoms with E-state index in [4.69, 9.17) is 0 Å². The molecule has 0 bridgehead atoms. The Hall–Kier alpha value is -2.60. The van der Waals surface area contributed by atoms with Gasteiger partial charge in [0, 0.05) is 5.69 Å². The molecule has 1 aliphatic heterocycles. The first-order chi connectivity index (χ1) is 12.5. The molecule has 0 saturated heterocycles. The number of thioether (sulfide) groups is 1. The van der Waals surface area contributed by atoms with Crippen molar-refractivity contribution in [1.29, 1.82) is 0 Å². The van der Waals surface area contributed by atoms with E-state index < -0.39 is 17.9 Å². The Morgan fingerprint density at radius 1 is 1.04 bits per heavy atom. The molecule has 2 aromatic rings. The van der Waals surface area contributed by atoms with Crippen LogP contribution in [0.2, 0.25) is 0 Å². The van der Waals surface area contributed by atoms with E-state index in [1.807, 2.05) is 31.4 Å². The van der Waals surface area contributed by atoms with Crippen LogP contribution in [0.15, 0.2) is 48.5 Å². The van der Waals surface area contributed by atoms with Gasteiger partial charge < -0.3 is 5.32 Å². The number of amides is 3. The molecule has 0 saturated carbocycles. The van der Waals surface area contributed by atoms with Gasteiger partial charge in [0.15, 0.2) is 0 Å². The first-order valence-corrected chi connectivity index (χ1v) is 9.76. The minimum Gasteiger partial charge on any atom is -0.324 e. The summed E-state index contributed by atoms with van der Waals surface area (Å²) >= 11 is 1.57. The monoisotopic (exact) mass is 368 g/mol. The number of carbonyl (C=O) groups excluding carboxylic acids is 3. The number of fused-ring (bicyclic) bond motifs is 1. The summed E-state index contributed by atoms with van der Waals surface area (Å²) in [5, 5.41) is 2.87. The third-order valence-electron chi connectivity index (χ3n) is 4.44. The third-order valence-corrected chi connectivity index (χ3v) is 5.08. The second-order valence-corrected chi connectivity index (χ2v) is 7.11. The lowest BCUT2D eigenvalue weighted by Gasteiger charge is -2.25. The molecule has 6 heteroatoms. The van der Waals surface area contributed by atoms with Crippen molar-refractivity contribution in [2.24, 2.45) is 0 Å². The Morgan fingerprint density at radius 3 is 2.19 bits per heavy atom. The molecule has 1 atom stereocenters. The van der Waals surface area contributed by atoms with E-state index in [0.29, 0.717) is 29.0 Å². The molecule has 0 fully saturated rings. The van der Waals surface area contributed by atoms with Crippen LogP contribution < -0.4 is 5.32 Å². The van der Waals surface area contributed by atoms with Gasteiger partial charge >= 0.3 is 0 Å². The molecule has 26 heavy (non-hydrogen) atoms. The molecule has 1 heterocycles. The van der Waals surface area contributed by atoms with E-state index in [-0.39, 0.29) is 5.91 Å². The number of nitrogens with one attached hydrogen (secondary N) is 1. The van der Waals surface area contributed by atoms with Gasteiger partial charge in [-0.15, -0.1) is 0 Å². The fraction of sp³-hybridized carbons (Fsp3) is 0.250. The van der Waals surface area contributed by atoms with Crippen molar-refractivity contribution in [3.05, 3.63) is 65.2 Å². The summed E-state index contributed by atoms with van der Waals surface area (Å²) in [6.07, 6.45) is 2.34. The highest BCUT2D eigenvalue weighted by atomic mass is 32.2. The maximum Gasteiger partial charge on any atom is 0.262 e. The number of anilines is 1. The Morgan fingerprint density at radius 2 is 1.62 bits per heavy atom. The molecule has 0 aliphatic carbocycles. The van der Waals surface area contributed by atoms with Crippen LogP contribution in [-0.4, -0.2) is 40.7 Å². The van der Waals surface area contributed by atoms with E-state index in [2.05, 4.69) is 5.32 Å². The molecule has 5 nitrogen and oxygen atoms in total. The van der Waals surface area contributed by atoms with Gasteiger partial charge in [-0.3, -0.25) is 19.3 Å². The Bertz CT molecular complexity index is 831. The minimum absolute atomic E-state index is 0.345. The van der Waals surface area contributed by atoms with Gasteiger partial charge in [0.1, 0.15) is 6.04 Å².